The summed E-state index contributed by atoms with van der Waals surface area (Å²) in [7, 11) is 15.9. The summed E-state index contributed by atoms with van der Waals surface area (Å²) < 4.78 is 15.6. The first-order valence-electron chi connectivity index (χ1n) is 20.8. The molecule has 3 aromatic rings. The number of nitrogens with one attached hydrogen (secondary N) is 3. The van der Waals surface area contributed by atoms with Crippen LogP contribution in [0.15, 0.2) is 48.7 Å². The minimum atomic E-state index is -0.525. The number of fused-ring (bicyclic) bond motifs is 1. The molecule has 62 heavy (non-hydrogen) atoms. The van der Waals surface area contributed by atoms with Crippen LogP contribution in [0.1, 0.15) is 85.3 Å². The number of hydrogen-bond donors (Lipinski definition) is 6. The average Bonchev–Trinajstić information content (AvgIpc) is 3.30. The van der Waals surface area contributed by atoms with E-state index in [0.717, 1.165) is 79.1 Å². The summed E-state index contributed by atoms with van der Waals surface area (Å²) in [6, 6.07) is 13.6. The van der Waals surface area contributed by atoms with Gasteiger partial charge in [0.15, 0.2) is 27.5 Å². The van der Waals surface area contributed by atoms with E-state index < -0.39 is 5.91 Å². The van der Waals surface area contributed by atoms with Gasteiger partial charge in [-0.25, -0.2) is 0 Å². The smallest absolute Gasteiger partial charge is 0.287 e. The van der Waals surface area contributed by atoms with E-state index in [-0.39, 0.29) is 12.5 Å². The van der Waals surface area contributed by atoms with Crippen LogP contribution in [-0.4, -0.2) is 129 Å². The standard InChI is InChI=1S/C12H13NO2.C10H18N2O3.C10H15NO2.C5H12BN.C5H12O.C2H6.CH2O.BH2N/c1-9-4-5-13-12-3-2-10(8-11(9)12)15-7-6-14;1-9(6-13)4-3-5-12(8-11-2)10(15)7-14;1-11-7-8-4-5-9(12-2)10(6-8)13-3;1-5(2)3-4-7-6;1-5(2)3-4-6;3*1-2/h2-5,8,14H,6-7H2,1H3;6-7,9,11H,3-5,8H2,1-2H3;4-6,11H,7H2,1-3H3;5,7H,3-4H2,1-2H3;5-6H,3-4H2,1-2H3;1-2H3;1H2;2H2/t;9-;;;;;;/m.0....../s1. The highest BCUT2D eigenvalue weighted by atomic mass is 16.5. The average molecular weight is 871 g/mol. The number of aromatic nitrogens is 1. The zero-order valence-corrected chi connectivity index (χ0v) is 39.9. The Labute approximate surface area is 376 Å². The van der Waals surface area contributed by atoms with Crippen LogP contribution in [0.5, 0.6) is 17.2 Å². The molecule has 1 heterocycles. The van der Waals surface area contributed by atoms with E-state index in [1.54, 1.807) is 27.5 Å². The number of aliphatic hydroxyl groups is 2. The Morgan fingerprint density at radius 3 is 1.94 bits per heavy atom. The maximum Gasteiger partial charge on any atom is 0.287 e. The van der Waals surface area contributed by atoms with Crippen LogP contribution in [0.2, 0.25) is 0 Å². The molecule has 0 unspecified atom stereocenters. The molecule has 2 aromatic carbocycles. The van der Waals surface area contributed by atoms with E-state index in [2.05, 4.69) is 62.2 Å². The molecule has 1 atom stereocenters. The zero-order chi connectivity index (χ0) is 48.7. The maximum atomic E-state index is 11.1. The van der Waals surface area contributed by atoms with Crippen LogP contribution < -0.4 is 35.7 Å². The maximum absolute atomic E-state index is 11.1. The molecule has 15 nitrogen and oxygen atoms in total. The molecule has 17 heteroatoms. The van der Waals surface area contributed by atoms with E-state index in [1.165, 1.54) is 16.0 Å². The van der Waals surface area contributed by atoms with Gasteiger partial charge >= 0.3 is 0 Å². The second kappa shape index (κ2) is 49.3. The fourth-order valence-electron chi connectivity index (χ4n) is 4.55. The number of pyridine rings is 1. The molecule has 0 spiro atoms. The molecule has 0 aliphatic carbocycles. The van der Waals surface area contributed by atoms with Gasteiger partial charge in [0.05, 0.1) is 33.0 Å². The Morgan fingerprint density at radius 1 is 0.887 bits per heavy atom. The number of methoxy groups -OCH3 is 2. The molecule has 0 saturated heterocycles. The summed E-state index contributed by atoms with van der Waals surface area (Å²) in [5.74, 6) is 3.20. The van der Waals surface area contributed by atoms with Gasteiger partial charge in [-0.05, 0) is 113 Å². The van der Waals surface area contributed by atoms with Crippen molar-refractivity contribution in [2.75, 3.05) is 67.9 Å². The molecule has 0 aliphatic heterocycles. The molecule has 350 valence electrons. The van der Waals surface area contributed by atoms with Crippen LogP contribution in [-0.2, 0) is 25.7 Å². The number of aldehydes is 2. The number of carbonyl (C=O) groups is 4. The summed E-state index contributed by atoms with van der Waals surface area (Å²) in [5, 5.41) is 26.5. The number of rotatable bonds is 20. The Morgan fingerprint density at radius 2 is 1.50 bits per heavy atom. The summed E-state index contributed by atoms with van der Waals surface area (Å²) in [5.41, 5.74) is 7.32. The van der Waals surface area contributed by atoms with Gasteiger partial charge in [0.25, 0.3) is 5.91 Å². The van der Waals surface area contributed by atoms with Crippen molar-refractivity contribution < 1.29 is 43.6 Å². The lowest BCUT2D eigenvalue weighted by Gasteiger charge is -2.19. The molecular weight excluding hydrogens is 790 g/mol. The summed E-state index contributed by atoms with van der Waals surface area (Å²) in [6.45, 7) is 21.7. The lowest BCUT2D eigenvalue weighted by atomic mass is 10.1. The van der Waals surface area contributed by atoms with Crippen molar-refractivity contribution in [2.45, 2.75) is 87.6 Å². The number of aryl methyl sites for hydroxylation is 1. The molecule has 3 rings (SSSR count). The van der Waals surface area contributed by atoms with Gasteiger partial charge in [-0.15, -0.1) is 0 Å². The SMILES string of the molecule is C=O.CC.CC(C)CCO.CNCN(CCC[C@H](C)C=O)C(=O)C=O.CNCc1ccc(OC)c(OC)c1.Cc1ccnc2ccc(OCCO)cc12.[B]N.[B]NCCC(C)C. The number of carbonyl (C=O) groups excluding carboxylic acids is 4. The highest BCUT2D eigenvalue weighted by Gasteiger charge is 2.11. The van der Waals surface area contributed by atoms with Crippen molar-refractivity contribution in [1.82, 2.24) is 25.7 Å². The third-order valence-corrected chi connectivity index (χ3v) is 7.77. The lowest BCUT2D eigenvalue weighted by Crippen LogP contribution is -2.39. The van der Waals surface area contributed by atoms with Gasteiger partial charge in [0.2, 0.25) is 6.29 Å². The highest BCUT2D eigenvalue weighted by Crippen LogP contribution is 2.27. The normalized spacial score (nSPS) is 9.82. The van der Waals surface area contributed by atoms with Crippen molar-refractivity contribution in [2.24, 2.45) is 23.4 Å². The first-order valence-corrected chi connectivity index (χ1v) is 20.8. The summed E-state index contributed by atoms with van der Waals surface area (Å²) in [4.78, 5) is 45.4. The quantitative estimate of drug-likeness (QED) is 0.0392. The van der Waals surface area contributed by atoms with Gasteiger partial charge in [-0.2, -0.15) is 0 Å². The molecule has 0 fully saturated rings. The highest BCUT2D eigenvalue weighted by molar-refractivity contribution is 6.23. The summed E-state index contributed by atoms with van der Waals surface area (Å²) >= 11 is 0. The van der Waals surface area contributed by atoms with E-state index in [1.807, 2.05) is 84.0 Å². The molecule has 0 saturated carbocycles. The van der Waals surface area contributed by atoms with E-state index in [9.17, 15) is 14.4 Å². The second-order valence-corrected chi connectivity index (χ2v) is 13.6. The zero-order valence-electron chi connectivity index (χ0n) is 39.9. The topological polar surface area (TPSA) is 215 Å². The molecule has 7 N–H and O–H groups in total. The monoisotopic (exact) mass is 871 g/mol. The predicted molar refractivity (Wildman–Crippen MR) is 256 cm³/mol. The van der Waals surface area contributed by atoms with Crippen LogP contribution in [0.25, 0.3) is 10.9 Å². The number of hydrogen-bond acceptors (Lipinski definition) is 14. The predicted octanol–water partition coefficient (Wildman–Crippen LogP) is 4.74. The Kier molecular flexibility index (Phi) is 53.0. The second-order valence-electron chi connectivity index (χ2n) is 13.6. The Balaban J connectivity index is -0.000000219. The van der Waals surface area contributed by atoms with Crippen molar-refractivity contribution >= 4 is 52.1 Å². The van der Waals surface area contributed by atoms with Crippen molar-refractivity contribution in [1.29, 1.82) is 0 Å². The summed E-state index contributed by atoms with van der Waals surface area (Å²) in [6.07, 6.45) is 6.55. The van der Waals surface area contributed by atoms with Gasteiger partial charge in [0.1, 0.15) is 25.4 Å². The number of ether oxygens (including phenoxy) is 3. The molecule has 4 radical (unpaired) electrons. The van der Waals surface area contributed by atoms with E-state index in [0.29, 0.717) is 38.6 Å². The molecule has 1 amide bonds. The largest absolute Gasteiger partial charge is 0.493 e. The van der Waals surface area contributed by atoms with Gasteiger partial charge < -0.3 is 60.4 Å². The molecule has 0 aliphatic rings. The van der Waals surface area contributed by atoms with Crippen molar-refractivity contribution in [3.63, 3.8) is 0 Å². The van der Waals surface area contributed by atoms with Gasteiger partial charge in [0, 0.05) is 37.2 Å². The van der Waals surface area contributed by atoms with Crippen molar-refractivity contribution in [3.05, 3.63) is 59.8 Å². The molecular formula is C45H80B2N6O9. The van der Waals surface area contributed by atoms with E-state index in [4.69, 9.17) is 37.2 Å². The van der Waals surface area contributed by atoms with Crippen LogP contribution in [0.3, 0.4) is 0 Å². The third kappa shape index (κ3) is 37.4. The number of nitrogens with zero attached hydrogens (tertiary/aromatic N) is 2. The number of nitrogens with two attached hydrogens (primary N) is 1. The van der Waals surface area contributed by atoms with Gasteiger partial charge in [-0.3, -0.25) is 14.6 Å². The minimum Gasteiger partial charge on any atom is -0.493 e. The van der Waals surface area contributed by atoms with Crippen LogP contribution in [0.4, 0.5) is 0 Å². The van der Waals surface area contributed by atoms with Gasteiger partial charge in [-0.1, -0.05) is 54.5 Å². The Bertz CT molecular complexity index is 1480. The fraction of sp³-hybridized carbons (Fsp3) is 0.578. The number of amides is 1. The third-order valence-electron chi connectivity index (χ3n) is 7.77. The van der Waals surface area contributed by atoms with E-state index >= 15 is 0 Å². The molecule has 0 bridgehead atoms. The number of aliphatic hydroxyl groups excluding tert-OH is 2. The minimum absolute atomic E-state index is 0.00719. The Hall–Kier alpha value is -4.38. The molecule has 1 aromatic heterocycles. The first-order chi connectivity index (χ1) is 29.8. The first kappa shape index (κ1) is 66.7. The van der Waals surface area contributed by atoms with Crippen LogP contribution >= 0.6 is 0 Å². The lowest BCUT2D eigenvalue weighted by molar-refractivity contribution is -0.139. The van der Waals surface area contributed by atoms with Crippen molar-refractivity contribution in [3.8, 4) is 17.2 Å². The fourth-order valence-corrected chi connectivity index (χ4v) is 4.55. The van der Waals surface area contributed by atoms with Crippen LogP contribution in [0, 0.1) is 24.7 Å². The number of benzene rings is 2.